The Morgan fingerprint density at radius 3 is 2.29 bits per heavy atom. The number of hydrogen-bond acceptors (Lipinski definition) is 3. The molecule has 0 aromatic heterocycles. The molecular formula is C25H33FN2O3. The third-order valence-electron chi connectivity index (χ3n) is 5.05. The molecule has 31 heavy (non-hydrogen) atoms. The van der Waals surface area contributed by atoms with Crippen LogP contribution in [0.3, 0.4) is 0 Å². The van der Waals surface area contributed by atoms with E-state index in [9.17, 15) is 14.0 Å². The fourth-order valence-corrected chi connectivity index (χ4v) is 3.22. The first-order chi connectivity index (χ1) is 14.4. The molecule has 168 valence electrons. The van der Waals surface area contributed by atoms with Gasteiger partial charge in [-0.25, -0.2) is 4.39 Å². The monoisotopic (exact) mass is 428 g/mol. The van der Waals surface area contributed by atoms with Crippen molar-refractivity contribution >= 4 is 11.8 Å². The molecule has 0 spiro atoms. The Morgan fingerprint density at radius 1 is 1.10 bits per heavy atom. The third kappa shape index (κ3) is 7.09. The van der Waals surface area contributed by atoms with Gasteiger partial charge in [-0.15, -0.1) is 0 Å². The van der Waals surface area contributed by atoms with Gasteiger partial charge in [-0.05, 0) is 88.9 Å². The summed E-state index contributed by atoms with van der Waals surface area (Å²) in [4.78, 5) is 27.4. The van der Waals surface area contributed by atoms with E-state index in [1.165, 1.54) is 17.0 Å². The lowest BCUT2D eigenvalue weighted by Gasteiger charge is -2.31. The van der Waals surface area contributed by atoms with Crippen molar-refractivity contribution in [2.45, 2.75) is 66.6 Å². The van der Waals surface area contributed by atoms with Crippen LogP contribution in [-0.4, -0.2) is 34.9 Å². The molecule has 2 aromatic carbocycles. The topological polar surface area (TPSA) is 58.6 Å². The number of ether oxygens (including phenoxy) is 1. The van der Waals surface area contributed by atoms with Gasteiger partial charge < -0.3 is 15.0 Å². The number of aryl methyl sites for hydroxylation is 2. The fourth-order valence-electron chi connectivity index (χ4n) is 3.22. The molecule has 2 rings (SSSR count). The lowest BCUT2D eigenvalue weighted by molar-refractivity contribution is -0.142. The summed E-state index contributed by atoms with van der Waals surface area (Å²) in [5.74, 6) is -0.279. The molecule has 0 fully saturated rings. The molecule has 0 radical (unpaired) electrons. The van der Waals surface area contributed by atoms with Gasteiger partial charge in [0.2, 0.25) is 5.91 Å². The summed E-state index contributed by atoms with van der Waals surface area (Å²) in [6.45, 7) is 13.2. The van der Waals surface area contributed by atoms with Gasteiger partial charge in [0.25, 0.3) is 5.91 Å². The Bertz CT molecular complexity index is 933. The highest BCUT2D eigenvalue weighted by molar-refractivity contribution is 5.88. The van der Waals surface area contributed by atoms with E-state index in [2.05, 4.69) is 11.4 Å². The van der Waals surface area contributed by atoms with E-state index in [-0.39, 0.29) is 30.8 Å². The van der Waals surface area contributed by atoms with Crippen molar-refractivity contribution in [3.63, 3.8) is 0 Å². The predicted octanol–water partition coefficient (Wildman–Crippen LogP) is 4.46. The van der Waals surface area contributed by atoms with E-state index < -0.39 is 11.6 Å². The van der Waals surface area contributed by atoms with Crippen molar-refractivity contribution in [1.82, 2.24) is 10.2 Å². The van der Waals surface area contributed by atoms with Gasteiger partial charge in [0, 0.05) is 12.1 Å². The number of amides is 2. The molecule has 0 heterocycles. The van der Waals surface area contributed by atoms with Gasteiger partial charge in [-0.3, -0.25) is 9.59 Å². The van der Waals surface area contributed by atoms with Gasteiger partial charge in [0.05, 0.1) is 0 Å². The van der Waals surface area contributed by atoms with Crippen LogP contribution >= 0.6 is 0 Å². The highest BCUT2D eigenvalue weighted by Crippen LogP contribution is 2.23. The highest BCUT2D eigenvalue weighted by atomic mass is 19.1. The van der Waals surface area contributed by atoms with E-state index in [1.807, 2.05) is 47.6 Å². The number of nitrogens with zero attached hydrogens (tertiary/aromatic N) is 1. The van der Waals surface area contributed by atoms with Crippen molar-refractivity contribution in [2.75, 3.05) is 6.61 Å². The van der Waals surface area contributed by atoms with Crippen LogP contribution in [0.1, 0.15) is 49.9 Å². The molecule has 1 atom stereocenters. The number of nitrogens with one attached hydrogen (secondary N) is 1. The normalized spacial score (nSPS) is 12.3. The van der Waals surface area contributed by atoms with E-state index in [0.29, 0.717) is 5.75 Å². The van der Waals surface area contributed by atoms with Crippen molar-refractivity contribution in [3.8, 4) is 5.75 Å². The summed E-state index contributed by atoms with van der Waals surface area (Å²) in [6, 6.07) is 9.14. The molecular weight excluding hydrogens is 395 g/mol. The number of carbonyl (C=O) groups is 2. The molecule has 0 bridgehead atoms. The number of carbonyl (C=O) groups excluding carboxylic acids is 2. The Kier molecular flexibility index (Phi) is 7.82. The lowest BCUT2D eigenvalue weighted by atomic mass is 10.1. The molecule has 6 heteroatoms. The summed E-state index contributed by atoms with van der Waals surface area (Å²) in [5.41, 5.74) is 3.41. The molecule has 5 nitrogen and oxygen atoms in total. The van der Waals surface area contributed by atoms with Crippen LogP contribution in [-0.2, 0) is 16.1 Å². The summed E-state index contributed by atoms with van der Waals surface area (Å²) >= 11 is 0. The number of halogens is 1. The van der Waals surface area contributed by atoms with Gasteiger partial charge in [-0.1, -0.05) is 18.2 Å². The van der Waals surface area contributed by atoms with E-state index in [4.69, 9.17) is 4.74 Å². The van der Waals surface area contributed by atoms with Crippen molar-refractivity contribution in [2.24, 2.45) is 0 Å². The smallest absolute Gasteiger partial charge is 0.261 e. The molecule has 0 aliphatic rings. The Morgan fingerprint density at radius 2 is 1.71 bits per heavy atom. The summed E-state index contributed by atoms with van der Waals surface area (Å²) < 4.78 is 19.1. The summed E-state index contributed by atoms with van der Waals surface area (Å²) in [6.07, 6.45) is 0. The number of hydrogen-bond donors (Lipinski definition) is 1. The Hall–Kier alpha value is -2.89. The summed E-state index contributed by atoms with van der Waals surface area (Å²) in [5, 5.41) is 2.91. The van der Waals surface area contributed by atoms with Crippen LogP contribution in [0.2, 0.25) is 0 Å². The first kappa shape index (κ1) is 24.4. The van der Waals surface area contributed by atoms with E-state index >= 15 is 0 Å². The van der Waals surface area contributed by atoms with Crippen molar-refractivity contribution < 1.29 is 18.7 Å². The van der Waals surface area contributed by atoms with Crippen LogP contribution in [0.15, 0.2) is 36.4 Å². The van der Waals surface area contributed by atoms with Gasteiger partial charge >= 0.3 is 0 Å². The zero-order valence-electron chi connectivity index (χ0n) is 19.5. The zero-order valence-corrected chi connectivity index (χ0v) is 19.5. The fraction of sp³-hybridized carbons (Fsp3) is 0.440. The molecule has 0 saturated carbocycles. The van der Waals surface area contributed by atoms with E-state index in [1.54, 1.807) is 19.1 Å². The quantitative estimate of drug-likeness (QED) is 0.708. The maximum atomic E-state index is 13.3. The maximum absolute atomic E-state index is 13.3. The zero-order chi connectivity index (χ0) is 23.3. The van der Waals surface area contributed by atoms with Gasteiger partial charge in [0.15, 0.2) is 6.61 Å². The molecule has 1 N–H and O–H groups in total. The van der Waals surface area contributed by atoms with Crippen LogP contribution in [0.5, 0.6) is 5.75 Å². The second kappa shape index (κ2) is 9.94. The molecule has 0 aliphatic carbocycles. The van der Waals surface area contributed by atoms with Crippen LogP contribution in [0.25, 0.3) is 0 Å². The lowest BCUT2D eigenvalue weighted by Crippen LogP contribution is -2.53. The molecule has 2 aromatic rings. The van der Waals surface area contributed by atoms with Gasteiger partial charge in [-0.2, -0.15) is 0 Å². The van der Waals surface area contributed by atoms with Crippen LogP contribution < -0.4 is 10.1 Å². The average molecular weight is 429 g/mol. The second-order valence-electron chi connectivity index (χ2n) is 9.06. The van der Waals surface area contributed by atoms with Crippen LogP contribution in [0.4, 0.5) is 4.39 Å². The standard InChI is InChI=1S/C25H33FN2O3/c1-16-12-17(2)18(3)22(13-16)31-15-23(29)28(14-20-8-10-21(26)11-9-20)19(4)24(30)27-25(5,6)7/h8-13,19H,14-15H2,1-7H3,(H,27,30). The summed E-state index contributed by atoms with van der Waals surface area (Å²) in [7, 11) is 0. The largest absolute Gasteiger partial charge is 0.483 e. The first-order valence-electron chi connectivity index (χ1n) is 10.4. The minimum Gasteiger partial charge on any atom is -0.483 e. The minimum absolute atomic E-state index is 0.174. The maximum Gasteiger partial charge on any atom is 0.261 e. The minimum atomic E-state index is -0.722. The highest BCUT2D eigenvalue weighted by Gasteiger charge is 2.28. The first-order valence-corrected chi connectivity index (χ1v) is 10.4. The SMILES string of the molecule is Cc1cc(C)c(C)c(OCC(=O)N(Cc2ccc(F)cc2)C(C)C(=O)NC(C)(C)C)c1. The molecule has 0 aliphatic heterocycles. The van der Waals surface area contributed by atoms with Crippen molar-refractivity contribution in [3.05, 3.63) is 64.5 Å². The second-order valence-corrected chi connectivity index (χ2v) is 9.06. The number of rotatable bonds is 7. The number of benzene rings is 2. The predicted molar refractivity (Wildman–Crippen MR) is 120 cm³/mol. The van der Waals surface area contributed by atoms with E-state index in [0.717, 1.165) is 22.3 Å². The molecule has 1 unspecified atom stereocenters. The van der Waals surface area contributed by atoms with Gasteiger partial charge in [0.1, 0.15) is 17.6 Å². The Balaban J connectivity index is 2.22. The molecule has 2 amide bonds. The molecule has 0 saturated heterocycles. The Labute approximate surface area is 184 Å². The third-order valence-corrected chi connectivity index (χ3v) is 5.05. The van der Waals surface area contributed by atoms with Crippen LogP contribution in [0, 0.1) is 26.6 Å². The van der Waals surface area contributed by atoms with Crippen molar-refractivity contribution in [1.29, 1.82) is 0 Å². The average Bonchev–Trinajstić information content (AvgIpc) is 2.67.